The fourth-order valence-electron chi connectivity index (χ4n) is 2.42. The Morgan fingerprint density at radius 3 is 2.68 bits per heavy atom. The number of hydrogen-bond donors (Lipinski definition) is 1. The van der Waals surface area contributed by atoms with Crippen LogP contribution in [0.2, 0.25) is 0 Å². The van der Waals surface area contributed by atoms with E-state index in [2.05, 4.69) is 67.0 Å². The Morgan fingerprint density at radius 2 is 2.05 bits per heavy atom. The first kappa shape index (κ1) is 14.7. The Morgan fingerprint density at radius 1 is 1.32 bits per heavy atom. The van der Waals surface area contributed by atoms with Gasteiger partial charge in [0.1, 0.15) is 0 Å². The maximum absolute atomic E-state index is 3.49. The van der Waals surface area contributed by atoms with Gasteiger partial charge in [-0.1, -0.05) is 26.0 Å². The molecular formula is C16H26N2S. The maximum Gasteiger partial charge on any atom is 0.0369 e. The summed E-state index contributed by atoms with van der Waals surface area (Å²) in [5.41, 5.74) is 2.75. The molecule has 0 amide bonds. The lowest BCUT2D eigenvalue weighted by Gasteiger charge is -2.35. The molecule has 2 nitrogen and oxygen atoms in total. The Labute approximate surface area is 122 Å². The van der Waals surface area contributed by atoms with E-state index in [1.54, 1.807) is 0 Å². The van der Waals surface area contributed by atoms with E-state index in [1.165, 1.54) is 29.3 Å². The van der Waals surface area contributed by atoms with Crippen LogP contribution in [0.3, 0.4) is 0 Å². The van der Waals surface area contributed by atoms with E-state index in [4.69, 9.17) is 0 Å². The molecule has 1 unspecified atom stereocenters. The summed E-state index contributed by atoms with van der Waals surface area (Å²) in [5, 5.41) is 3.49. The standard InChI is InChI=1S/C16H26N2S/c1-13(2)10-17-11-15-4-6-16(7-5-15)18-8-9-19-12-14(18)3/h4-7,13-14,17H,8-12H2,1-3H3. The Hall–Kier alpha value is -0.670. The molecule has 0 bridgehead atoms. The van der Waals surface area contributed by atoms with Crippen molar-refractivity contribution < 1.29 is 0 Å². The van der Waals surface area contributed by atoms with Gasteiger partial charge in [-0.25, -0.2) is 0 Å². The zero-order valence-electron chi connectivity index (χ0n) is 12.4. The third-order valence-electron chi connectivity index (χ3n) is 3.52. The van der Waals surface area contributed by atoms with Gasteiger partial charge < -0.3 is 10.2 Å². The van der Waals surface area contributed by atoms with E-state index in [9.17, 15) is 0 Å². The molecule has 1 aliphatic rings. The van der Waals surface area contributed by atoms with Gasteiger partial charge in [0.05, 0.1) is 0 Å². The minimum absolute atomic E-state index is 0.656. The highest BCUT2D eigenvalue weighted by atomic mass is 32.2. The van der Waals surface area contributed by atoms with Crippen molar-refractivity contribution in [3.8, 4) is 0 Å². The number of nitrogens with zero attached hydrogens (tertiary/aromatic N) is 1. The minimum atomic E-state index is 0.656. The van der Waals surface area contributed by atoms with Gasteiger partial charge in [0.15, 0.2) is 0 Å². The third-order valence-corrected chi connectivity index (χ3v) is 4.71. The van der Waals surface area contributed by atoms with Crippen molar-refractivity contribution >= 4 is 17.4 Å². The average molecular weight is 278 g/mol. The molecule has 1 fully saturated rings. The molecule has 0 saturated carbocycles. The molecule has 1 heterocycles. The van der Waals surface area contributed by atoms with E-state index in [1.807, 2.05) is 0 Å². The second kappa shape index (κ2) is 7.20. The second-order valence-corrected chi connectivity index (χ2v) is 6.96. The first-order chi connectivity index (χ1) is 9.16. The predicted molar refractivity (Wildman–Crippen MR) is 87.1 cm³/mol. The van der Waals surface area contributed by atoms with Crippen molar-refractivity contribution in [2.45, 2.75) is 33.4 Å². The molecule has 1 atom stereocenters. The highest BCUT2D eigenvalue weighted by molar-refractivity contribution is 7.99. The Balaban J connectivity index is 1.90. The zero-order chi connectivity index (χ0) is 13.7. The molecule has 2 rings (SSSR count). The van der Waals surface area contributed by atoms with Gasteiger partial charge in [-0.05, 0) is 37.1 Å². The largest absolute Gasteiger partial charge is 0.367 e. The van der Waals surface area contributed by atoms with Crippen LogP contribution in [0.4, 0.5) is 5.69 Å². The molecule has 0 aliphatic carbocycles. The molecule has 19 heavy (non-hydrogen) atoms. The Bertz CT molecular complexity index is 375. The van der Waals surface area contributed by atoms with Crippen LogP contribution < -0.4 is 10.2 Å². The number of thioether (sulfide) groups is 1. The summed E-state index contributed by atoms with van der Waals surface area (Å²) >= 11 is 2.07. The van der Waals surface area contributed by atoms with Gasteiger partial charge >= 0.3 is 0 Å². The topological polar surface area (TPSA) is 15.3 Å². The molecule has 3 heteroatoms. The van der Waals surface area contributed by atoms with Crippen LogP contribution in [-0.4, -0.2) is 30.6 Å². The fourth-order valence-corrected chi connectivity index (χ4v) is 3.43. The SMILES string of the molecule is CC(C)CNCc1ccc(N2CCSCC2C)cc1. The summed E-state index contributed by atoms with van der Waals surface area (Å²) in [4.78, 5) is 2.53. The normalized spacial score (nSPS) is 20.0. The highest BCUT2D eigenvalue weighted by Crippen LogP contribution is 2.24. The van der Waals surface area contributed by atoms with E-state index < -0.39 is 0 Å². The molecule has 0 aromatic heterocycles. The first-order valence-electron chi connectivity index (χ1n) is 7.31. The van der Waals surface area contributed by atoms with Crippen molar-refractivity contribution in [2.24, 2.45) is 5.92 Å². The van der Waals surface area contributed by atoms with Crippen LogP contribution in [0.25, 0.3) is 0 Å². The van der Waals surface area contributed by atoms with Crippen LogP contribution in [0, 0.1) is 5.92 Å². The highest BCUT2D eigenvalue weighted by Gasteiger charge is 2.18. The lowest BCUT2D eigenvalue weighted by atomic mass is 10.1. The van der Waals surface area contributed by atoms with E-state index in [-0.39, 0.29) is 0 Å². The fraction of sp³-hybridized carbons (Fsp3) is 0.625. The summed E-state index contributed by atoms with van der Waals surface area (Å²) < 4.78 is 0. The molecule has 1 N–H and O–H groups in total. The Kier molecular flexibility index (Phi) is 5.59. The lowest BCUT2D eigenvalue weighted by molar-refractivity contribution is 0.552. The van der Waals surface area contributed by atoms with Gasteiger partial charge in [-0.3, -0.25) is 0 Å². The summed E-state index contributed by atoms with van der Waals surface area (Å²) in [6.45, 7) is 10.0. The van der Waals surface area contributed by atoms with Crippen molar-refractivity contribution in [1.29, 1.82) is 0 Å². The van der Waals surface area contributed by atoms with Crippen molar-refractivity contribution in [2.75, 3.05) is 29.5 Å². The number of anilines is 1. The van der Waals surface area contributed by atoms with Crippen LogP contribution in [0.15, 0.2) is 24.3 Å². The second-order valence-electron chi connectivity index (χ2n) is 5.81. The maximum atomic E-state index is 3.49. The average Bonchev–Trinajstić information content (AvgIpc) is 2.40. The van der Waals surface area contributed by atoms with E-state index >= 15 is 0 Å². The number of nitrogens with one attached hydrogen (secondary N) is 1. The monoisotopic (exact) mass is 278 g/mol. The summed E-state index contributed by atoms with van der Waals surface area (Å²) in [6, 6.07) is 9.73. The van der Waals surface area contributed by atoms with Gasteiger partial charge in [-0.15, -0.1) is 0 Å². The first-order valence-corrected chi connectivity index (χ1v) is 8.46. The summed E-state index contributed by atoms with van der Waals surface area (Å²) in [6.07, 6.45) is 0. The smallest absolute Gasteiger partial charge is 0.0369 e. The molecule has 0 radical (unpaired) electrons. The van der Waals surface area contributed by atoms with E-state index in [0.29, 0.717) is 12.0 Å². The van der Waals surface area contributed by atoms with E-state index in [0.717, 1.165) is 13.1 Å². The van der Waals surface area contributed by atoms with Crippen LogP contribution in [-0.2, 0) is 6.54 Å². The van der Waals surface area contributed by atoms with Crippen LogP contribution in [0.5, 0.6) is 0 Å². The van der Waals surface area contributed by atoms with Gasteiger partial charge in [-0.2, -0.15) is 11.8 Å². The van der Waals surface area contributed by atoms with Gasteiger partial charge in [0.25, 0.3) is 0 Å². The summed E-state index contributed by atoms with van der Waals surface area (Å²) in [7, 11) is 0. The lowest BCUT2D eigenvalue weighted by Crippen LogP contribution is -2.40. The number of hydrogen-bond acceptors (Lipinski definition) is 3. The van der Waals surface area contributed by atoms with Crippen LogP contribution >= 0.6 is 11.8 Å². The quantitative estimate of drug-likeness (QED) is 0.889. The molecule has 1 aromatic carbocycles. The molecule has 1 aliphatic heterocycles. The summed E-state index contributed by atoms with van der Waals surface area (Å²) in [5.74, 6) is 3.21. The molecular weight excluding hydrogens is 252 g/mol. The van der Waals surface area contributed by atoms with Crippen molar-refractivity contribution in [3.63, 3.8) is 0 Å². The third kappa shape index (κ3) is 4.43. The van der Waals surface area contributed by atoms with Crippen LogP contribution in [0.1, 0.15) is 26.3 Å². The number of rotatable bonds is 5. The zero-order valence-corrected chi connectivity index (χ0v) is 13.2. The molecule has 106 valence electrons. The number of benzene rings is 1. The van der Waals surface area contributed by atoms with Gasteiger partial charge in [0.2, 0.25) is 0 Å². The minimum Gasteiger partial charge on any atom is -0.367 e. The van der Waals surface area contributed by atoms with Crippen molar-refractivity contribution in [3.05, 3.63) is 29.8 Å². The molecule has 1 aromatic rings. The molecule has 0 spiro atoms. The van der Waals surface area contributed by atoms with Gasteiger partial charge in [0, 0.05) is 36.3 Å². The van der Waals surface area contributed by atoms with Crippen molar-refractivity contribution in [1.82, 2.24) is 5.32 Å². The predicted octanol–water partition coefficient (Wildman–Crippen LogP) is 3.37. The molecule has 1 saturated heterocycles.